The Kier molecular flexibility index (Phi) is 7.96. The minimum Gasteiger partial charge on any atom is -0.491 e. The Morgan fingerprint density at radius 2 is 1.77 bits per heavy atom. The van der Waals surface area contributed by atoms with Gasteiger partial charge in [0.05, 0.1) is 12.3 Å². The summed E-state index contributed by atoms with van der Waals surface area (Å²) in [7, 11) is 4.13. The zero-order valence-corrected chi connectivity index (χ0v) is 14.6. The highest BCUT2D eigenvalue weighted by atomic mass is 16.5. The molecule has 1 amide bonds. The lowest BCUT2D eigenvalue weighted by molar-refractivity contribution is -0.116. The number of nitrogens with zero attached hydrogens (tertiary/aromatic N) is 2. The summed E-state index contributed by atoms with van der Waals surface area (Å²) in [6, 6.07) is 7.80. The van der Waals surface area contributed by atoms with Crippen LogP contribution >= 0.6 is 0 Å². The molecule has 1 aromatic rings. The maximum absolute atomic E-state index is 12.0. The molecule has 0 bridgehead atoms. The van der Waals surface area contributed by atoms with Gasteiger partial charge in [-0.1, -0.05) is 26.0 Å². The standard InChI is InChI=1S/C18H30N2O2/c1-15(2)14-22-18-11-7-6-10-17(18)20(16(3)21)13-9-8-12-19(4)5/h6-7,10-11,15H,8-9,12-14H2,1-5H3. The van der Waals surface area contributed by atoms with E-state index in [-0.39, 0.29) is 5.91 Å². The molecule has 0 aliphatic carbocycles. The Bertz CT molecular complexity index is 458. The molecule has 0 atom stereocenters. The van der Waals surface area contributed by atoms with Crippen LogP contribution in [0, 0.1) is 5.92 Å². The molecule has 0 N–H and O–H groups in total. The lowest BCUT2D eigenvalue weighted by atomic mass is 10.2. The second kappa shape index (κ2) is 9.46. The van der Waals surface area contributed by atoms with Gasteiger partial charge in [-0.15, -0.1) is 0 Å². The van der Waals surface area contributed by atoms with Gasteiger partial charge >= 0.3 is 0 Å². The highest BCUT2D eigenvalue weighted by molar-refractivity contribution is 5.93. The molecular formula is C18H30N2O2. The Balaban J connectivity index is 2.76. The van der Waals surface area contributed by atoms with Crippen molar-refractivity contribution >= 4 is 11.6 Å². The summed E-state index contributed by atoms with van der Waals surface area (Å²) in [6.07, 6.45) is 2.06. The van der Waals surface area contributed by atoms with E-state index in [0.29, 0.717) is 12.5 Å². The van der Waals surface area contributed by atoms with Crippen LogP contribution in [0.3, 0.4) is 0 Å². The molecule has 0 saturated carbocycles. The number of hydrogen-bond acceptors (Lipinski definition) is 3. The molecule has 0 fully saturated rings. The van der Waals surface area contributed by atoms with Crippen molar-refractivity contribution in [3.05, 3.63) is 24.3 Å². The van der Waals surface area contributed by atoms with Crippen LogP contribution in [0.4, 0.5) is 5.69 Å². The Morgan fingerprint density at radius 1 is 1.14 bits per heavy atom. The number of carbonyl (C=O) groups is 1. The van der Waals surface area contributed by atoms with E-state index in [4.69, 9.17) is 4.74 Å². The van der Waals surface area contributed by atoms with Crippen molar-refractivity contribution < 1.29 is 9.53 Å². The zero-order chi connectivity index (χ0) is 16.5. The fourth-order valence-electron chi connectivity index (χ4n) is 2.20. The molecule has 4 nitrogen and oxygen atoms in total. The van der Waals surface area contributed by atoms with Crippen molar-refractivity contribution in [2.75, 3.05) is 38.7 Å². The number of benzene rings is 1. The third-order valence-electron chi connectivity index (χ3n) is 3.35. The number of carbonyl (C=O) groups excluding carboxylic acids is 1. The van der Waals surface area contributed by atoms with Gasteiger partial charge in [0, 0.05) is 13.5 Å². The van der Waals surface area contributed by atoms with Crippen LogP contribution in [0.5, 0.6) is 5.75 Å². The van der Waals surface area contributed by atoms with Gasteiger partial charge in [-0.3, -0.25) is 4.79 Å². The van der Waals surface area contributed by atoms with Crippen molar-refractivity contribution in [3.8, 4) is 5.75 Å². The Labute approximate surface area is 135 Å². The number of ether oxygens (including phenoxy) is 1. The quantitative estimate of drug-likeness (QED) is 0.655. The van der Waals surface area contributed by atoms with Crippen molar-refractivity contribution in [3.63, 3.8) is 0 Å². The van der Waals surface area contributed by atoms with Crippen LogP contribution in [0.25, 0.3) is 0 Å². The monoisotopic (exact) mass is 306 g/mol. The summed E-state index contributed by atoms with van der Waals surface area (Å²) in [6.45, 7) is 8.27. The third-order valence-corrected chi connectivity index (χ3v) is 3.35. The van der Waals surface area contributed by atoms with Gasteiger partial charge in [-0.2, -0.15) is 0 Å². The van der Waals surface area contributed by atoms with Crippen molar-refractivity contribution in [2.45, 2.75) is 33.6 Å². The van der Waals surface area contributed by atoms with Crippen LogP contribution in [-0.4, -0.2) is 44.6 Å². The molecule has 1 rings (SSSR count). The summed E-state index contributed by atoms with van der Waals surface area (Å²) in [5.41, 5.74) is 0.875. The van der Waals surface area contributed by atoms with Crippen LogP contribution in [0.1, 0.15) is 33.6 Å². The first kappa shape index (κ1) is 18.5. The third kappa shape index (κ3) is 6.48. The molecule has 0 unspecified atom stereocenters. The number of anilines is 1. The summed E-state index contributed by atoms with van der Waals surface area (Å²) in [5, 5.41) is 0. The average Bonchev–Trinajstić information content (AvgIpc) is 2.45. The SMILES string of the molecule is CC(=O)N(CCCCN(C)C)c1ccccc1OCC(C)C. The maximum Gasteiger partial charge on any atom is 0.223 e. The number of rotatable bonds is 9. The highest BCUT2D eigenvalue weighted by Crippen LogP contribution is 2.29. The average molecular weight is 306 g/mol. The Hall–Kier alpha value is -1.55. The van der Waals surface area contributed by atoms with E-state index in [9.17, 15) is 4.79 Å². The lowest BCUT2D eigenvalue weighted by Crippen LogP contribution is -2.30. The normalized spacial score (nSPS) is 11.0. The summed E-state index contributed by atoms with van der Waals surface area (Å²) in [4.78, 5) is 16.0. The highest BCUT2D eigenvalue weighted by Gasteiger charge is 2.16. The van der Waals surface area contributed by atoms with Gasteiger partial charge in [0.2, 0.25) is 5.91 Å². The fraction of sp³-hybridized carbons (Fsp3) is 0.611. The van der Waals surface area contributed by atoms with E-state index in [2.05, 4.69) is 32.8 Å². The predicted octanol–water partition coefficient (Wildman–Crippen LogP) is 3.42. The van der Waals surface area contributed by atoms with Crippen LogP contribution in [0.15, 0.2) is 24.3 Å². The number of para-hydroxylation sites is 2. The van der Waals surface area contributed by atoms with Gasteiger partial charge < -0.3 is 14.5 Å². The molecule has 124 valence electrons. The van der Waals surface area contributed by atoms with E-state index >= 15 is 0 Å². The molecule has 0 aromatic heterocycles. The summed E-state index contributed by atoms with van der Waals surface area (Å²) in [5.74, 6) is 1.31. The molecule has 1 aromatic carbocycles. The largest absolute Gasteiger partial charge is 0.491 e. The molecule has 4 heteroatoms. The van der Waals surface area contributed by atoms with Gasteiger partial charge in [0.15, 0.2) is 0 Å². The van der Waals surface area contributed by atoms with Gasteiger partial charge in [0.1, 0.15) is 5.75 Å². The number of hydrogen-bond donors (Lipinski definition) is 0. The van der Waals surface area contributed by atoms with Crippen LogP contribution in [-0.2, 0) is 4.79 Å². The van der Waals surface area contributed by atoms with Crippen molar-refractivity contribution in [1.82, 2.24) is 4.90 Å². The van der Waals surface area contributed by atoms with Gasteiger partial charge in [0.25, 0.3) is 0 Å². The molecule has 0 radical (unpaired) electrons. The van der Waals surface area contributed by atoms with Crippen LogP contribution in [0.2, 0.25) is 0 Å². The number of amides is 1. The van der Waals surface area contributed by atoms with Crippen molar-refractivity contribution in [1.29, 1.82) is 0 Å². The van der Waals surface area contributed by atoms with Crippen molar-refractivity contribution in [2.24, 2.45) is 5.92 Å². The van der Waals surface area contributed by atoms with Gasteiger partial charge in [-0.25, -0.2) is 0 Å². The zero-order valence-electron chi connectivity index (χ0n) is 14.6. The first-order valence-corrected chi connectivity index (χ1v) is 8.06. The van der Waals surface area contributed by atoms with E-state index in [1.54, 1.807) is 6.92 Å². The van der Waals surface area contributed by atoms with Gasteiger partial charge in [-0.05, 0) is 51.5 Å². The molecular weight excluding hydrogens is 276 g/mol. The second-order valence-electron chi connectivity index (χ2n) is 6.35. The molecule has 0 saturated heterocycles. The van der Waals surface area contributed by atoms with E-state index in [0.717, 1.165) is 37.4 Å². The minimum absolute atomic E-state index is 0.0606. The smallest absolute Gasteiger partial charge is 0.223 e. The van der Waals surface area contributed by atoms with E-state index in [1.807, 2.05) is 29.2 Å². The maximum atomic E-state index is 12.0. The fourth-order valence-corrected chi connectivity index (χ4v) is 2.20. The summed E-state index contributed by atoms with van der Waals surface area (Å²) >= 11 is 0. The molecule has 0 aliphatic heterocycles. The minimum atomic E-state index is 0.0606. The first-order valence-electron chi connectivity index (χ1n) is 8.06. The topological polar surface area (TPSA) is 32.8 Å². The predicted molar refractivity (Wildman–Crippen MR) is 92.6 cm³/mol. The number of unbranched alkanes of at least 4 members (excludes halogenated alkanes) is 1. The second-order valence-corrected chi connectivity index (χ2v) is 6.35. The van der Waals surface area contributed by atoms with Crippen LogP contribution < -0.4 is 9.64 Å². The molecule has 22 heavy (non-hydrogen) atoms. The van der Waals surface area contributed by atoms with E-state index in [1.165, 1.54) is 0 Å². The van der Waals surface area contributed by atoms with E-state index < -0.39 is 0 Å². The molecule has 0 aliphatic rings. The molecule has 0 heterocycles. The summed E-state index contributed by atoms with van der Waals surface area (Å²) < 4.78 is 5.87. The molecule has 0 spiro atoms. The Morgan fingerprint density at radius 3 is 2.36 bits per heavy atom. The first-order chi connectivity index (χ1) is 10.4. The lowest BCUT2D eigenvalue weighted by Gasteiger charge is -2.24.